The van der Waals surface area contributed by atoms with Crippen LogP contribution in [0.25, 0.3) is 11.1 Å². The molecule has 3 nitrogen and oxygen atoms in total. The number of benzene rings is 2. The average molecular weight is 276 g/mol. The van der Waals surface area contributed by atoms with Crippen molar-refractivity contribution in [3.63, 3.8) is 0 Å². The zero-order valence-electron chi connectivity index (χ0n) is 10.8. The molecule has 19 heavy (non-hydrogen) atoms. The number of anilines is 1. The normalized spacial score (nSPS) is 12.6. The summed E-state index contributed by atoms with van der Waals surface area (Å²) >= 11 is 6.36. The molecule has 98 valence electrons. The smallest absolute Gasteiger partial charge is 0.231 e. The van der Waals surface area contributed by atoms with Crippen LogP contribution < -0.4 is 14.4 Å². The first-order chi connectivity index (χ1) is 9.16. The first kappa shape index (κ1) is 12.2. The second-order valence-electron chi connectivity index (χ2n) is 4.60. The van der Waals surface area contributed by atoms with E-state index in [1.165, 1.54) is 0 Å². The molecule has 0 radical (unpaired) electrons. The molecular formula is C15H14ClNO2. The molecule has 0 fully saturated rings. The molecule has 2 aromatic carbocycles. The lowest BCUT2D eigenvalue weighted by atomic mass is 10.0. The molecule has 1 aliphatic rings. The minimum Gasteiger partial charge on any atom is -0.454 e. The van der Waals surface area contributed by atoms with Gasteiger partial charge in [0.15, 0.2) is 11.5 Å². The minimum atomic E-state index is 0.280. The van der Waals surface area contributed by atoms with Crippen LogP contribution >= 0.6 is 11.6 Å². The lowest BCUT2D eigenvalue weighted by Gasteiger charge is -2.19. The predicted octanol–water partition coefficient (Wildman–Crippen LogP) is 3.80. The van der Waals surface area contributed by atoms with E-state index in [1.807, 2.05) is 55.4 Å². The Balaban J connectivity index is 2.16. The van der Waals surface area contributed by atoms with E-state index >= 15 is 0 Å². The Bertz CT molecular complexity index is 626. The molecule has 2 aromatic rings. The van der Waals surface area contributed by atoms with Crippen LogP contribution in [0.2, 0.25) is 5.02 Å². The van der Waals surface area contributed by atoms with Crippen LogP contribution in [0.3, 0.4) is 0 Å². The van der Waals surface area contributed by atoms with Gasteiger partial charge in [-0.1, -0.05) is 23.7 Å². The highest BCUT2D eigenvalue weighted by Crippen LogP contribution is 2.41. The molecule has 0 N–H and O–H groups in total. The van der Waals surface area contributed by atoms with E-state index in [4.69, 9.17) is 21.1 Å². The van der Waals surface area contributed by atoms with Crippen molar-refractivity contribution in [2.24, 2.45) is 0 Å². The third kappa shape index (κ3) is 2.10. The van der Waals surface area contributed by atoms with Crippen LogP contribution in [0.1, 0.15) is 0 Å². The van der Waals surface area contributed by atoms with Crippen molar-refractivity contribution in [2.75, 3.05) is 25.8 Å². The van der Waals surface area contributed by atoms with E-state index < -0.39 is 0 Å². The van der Waals surface area contributed by atoms with Gasteiger partial charge in [-0.05, 0) is 29.8 Å². The quantitative estimate of drug-likeness (QED) is 0.832. The van der Waals surface area contributed by atoms with E-state index in [9.17, 15) is 0 Å². The molecule has 3 rings (SSSR count). The van der Waals surface area contributed by atoms with Crippen molar-refractivity contribution in [3.05, 3.63) is 41.4 Å². The van der Waals surface area contributed by atoms with Crippen LogP contribution in [-0.4, -0.2) is 20.9 Å². The Morgan fingerprint density at radius 2 is 1.84 bits per heavy atom. The molecular weight excluding hydrogens is 262 g/mol. The maximum Gasteiger partial charge on any atom is 0.231 e. The fourth-order valence-electron chi connectivity index (χ4n) is 2.22. The SMILES string of the molecule is CN(C)c1cccc(Cl)c1-c1ccc2c(c1)OCO2. The van der Waals surface area contributed by atoms with E-state index in [0.29, 0.717) is 0 Å². The molecule has 0 amide bonds. The number of halogens is 1. The molecule has 0 aliphatic carbocycles. The van der Waals surface area contributed by atoms with Gasteiger partial charge in [0, 0.05) is 25.3 Å². The first-order valence-electron chi connectivity index (χ1n) is 6.02. The molecule has 0 bridgehead atoms. The zero-order valence-corrected chi connectivity index (χ0v) is 11.6. The fourth-order valence-corrected chi connectivity index (χ4v) is 2.50. The van der Waals surface area contributed by atoms with Gasteiger partial charge < -0.3 is 14.4 Å². The monoisotopic (exact) mass is 275 g/mol. The number of fused-ring (bicyclic) bond motifs is 1. The van der Waals surface area contributed by atoms with Gasteiger partial charge in [-0.3, -0.25) is 0 Å². The van der Waals surface area contributed by atoms with Crippen molar-refractivity contribution >= 4 is 17.3 Å². The van der Waals surface area contributed by atoms with E-state index in [0.717, 1.165) is 33.3 Å². The van der Waals surface area contributed by atoms with Crippen LogP contribution in [0.15, 0.2) is 36.4 Å². The lowest BCUT2D eigenvalue weighted by Crippen LogP contribution is -2.10. The third-order valence-corrected chi connectivity index (χ3v) is 3.45. The van der Waals surface area contributed by atoms with E-state index in [1.54, 1.807) is 0 Å². The van der Waals surface area contributed by atoms with Crippen LogP contribution in [0, 0.1) is 0 Å². The van der Waals surface area contributed by atoms with Gasteiger partial charge in [0.1, 0.15) is 0 Å². The van der Waals surface area contributed by atoms with Gasteiger partial charge in [-0.15, -0.1) is 0 Å². The molecule has 0 saturated carbocycles. The Kier molecular flexibility index (Phi) is 2.99. The summed E-state index contributed by atoms with van der Waals surface area (Å²) in [6.07, 6.45) is 0. The minimum absolute atomic E-state index is 0.280. The van der Waals surface area contributed by atoms with E-state index in [2.05, 4.69) is 0 Å². The molecule has 0 aromatic heterocycles. The van der Waals surface area contributed by atoms with Crippen LogP contribution in [0.4, 0.5) is 5.69 Å². The lowest BCUT2D eigenvalue weighted by molar-refractivity contribution is 0.174. The molecule has 0 atom stereocenters. The highest BCUT2D eigenvalue weighted by molar-refractivity contribution is 6.34. The van der Waals surface area contributed by atoms with Crippen LogP contribution in [-0.2, 0) is 0 Å². The molecule has 0 spiro atoms. The topological polar surface area (TPSA) is 21.7 Å². The van der Waals surface area contributed by atoms with Crippen molar-refractivity contribution in [1.82, 2.24) is 0 Å². The number of ether oxygens (including phenoxy) is 2. The summed E-state index contributed by atoms with van der Waals surface area (Å²) in [7, 11) is 4.00. The van der Waals surface area contributed by atoms with Crippen molar-refractivity contribution in [1.29, 1.82) is 0 Å². The largest absolute Gasteiger partial charge is 0.454 e. The molecule has 0 saturated heterocycles. The maximum atomic E-state index is 6.36. The van der Waals surface area contributed by atoms with Crippen LogP contribution in [0.5, 0.6) is 11.5 Å². The first-order valence-corrected chi connectivity index (χ1v) is 6.40. The van der Waals surface area contributed by atoms with E-state index in [-0.39, 0.29) is 6.79 Å². The average Bonchev–Trinajstić information content (AvgIpc) is 2.85. The van der Waals surface area contributed by atoms with Gasteiger partial charge in [0.05, 0.1) is 5.02 Å². The van der Waals surface area contributed by atoms with Crippen molar-refractivity contribution < 1.29 is 9.47 Å². The summed E-state index contributed by atoms with van der Waals surface area (Å²) in [6, 6.07) is 11.8. The highest BCUT2D eigenvalue weighted by atomic mass is 35.5. The number of rotatable bonds is 2. The molecule has 1 heterocycles. The second-order valence-corrected chi connectivity index (χ2v) is 5.00. The second kappa shape index (κ2) is 4.67. The van der Waals surface area contributed by atoms with Gasteiger partial charge >= 0.3 is 0 Å². The summed E-state index contributed by atoms with van der Waals surface area (Å²) < 4.78 is 10.8. The summed E-state index contributed by atoms with van der Waals surface area (Å²) in [5.41, 5.74) is 3.11. The number of hydrogen-bond acceptors (Lipinski definition) is 3. The molecule has 0 unspecified atom stereocenters. The summed E-state index contributed by atoms with van der Waals surface area (Å²) in [6.45, 7) is 0.280. The standard InChI is InChI=1S/C15H14ClNO2/c1-17(2)12-5-3-4-11(16)15(12)10-6-7-13-14(8-10)19-9-18-13/h3-8H,9H2,1-2H3. The van der Waals surface area contributed by atoms with Gasteiger partial charge in [-0.25, -0.2) is 0 Å². The zero-order chi connectivity index (χ0) is 13.4. The Labute approximate surface area is 117 Å². The van der Waals surface area contributed by atoms with Gasteiger partial charge in [0.2, 0.25) is 6.79 Å². The number of hydrogen-bond donors (Lipinski definition) is 0. The Hall–Kier alpha value is -1.87. The summed E-state index contributed by atoms with van der Waals surface area (Å²) in [5, 5.41) is 0.727. The molecule has 4 heteroatoms. The molecule has 1 aliphatic heterocycles. The van der Waals surface area contributed by atoms with Gasteiger partial charge in [-0.2, -0.15) is 0 Å². The Morgan fingerprint density at radius 1 is 1.05 bits per heavy atom. The number of nitrogens with zero attached hydrogens (tertiary/aromatic N) is 1. The predicted molar refractivity (Wildman–Crippen MR) is 77.3 cm³/mol. The Morgan fingerprint density at radius 3 is 2.63 bits per heavy atom. The van der Waals surface area contributed by atoms with Crippen molar-refractivity contribution in [3.8, 4) is 22.6 Å². The summed E-state index contributed by atoms with van der Waals surface area (Å²) in [4.78, 5) is 2.05. The maximum absolute atomic E-state index is 6.36. The third-order valence-electron chi connectivity index (χ3n) is 3.13. The van der Waals surface area contributed by atoms with Crippen molar-refractivity contribution in [2.45, 2.75) is 0 Å². The highest BCUT2D eigenvalue weighted by Gasteiger charge is 2.17. The van der Waals surface area contributed by atoms with Gasteiger partial charge in [0.25, 0.3) is 0 Å². The summed E-state index contributed by atoms with van der Waals surface area (Å²) in [5.74, 6) is 1.55. The fraction of sp³-hybridized carbons (Fsp3) is 0.200.